The summed E-state index contributed by atoms with van der Waals surface area (Å²) in [7, 11) is 0. The lowest BCUT2D eigenvalue weighted by Crippen LogP contribution is -2.40. The molecule has 2 fully saturated rings. The Morgan fingerprint density at radius 3 is 2.76 bits per heavy atom. The number of pyridine rings is 1. The molecule has 2 aliphatic heterocycles. The molecule has 1 unspecified atom stereocenters. The fourth-order valence-electron chi connectivity index (χ4n) is 4.17. The van der Waals surface area contributed by atoms with Gasteiger partial charge in [-0.1, -0.05) is 19.4 Å². The molecule has 5 heteroatoms. The predicted octanol–water partition coefficient (Wildman–Crippen LogP) is 3.13. The third kappa shape index (κ3) is 5.18. The summed E-state index contributed by atoms with van der Waals surface area (Å²) in [6, 6.07) is 4.32. The molecule has 2 amide bonds. The summed E-state index contributed by atoms with van der Waals surface area (Å²) in [6.07, 6.45) is 9.69. The Bertz CT molecular complexity index is 528. The number of carbonyl (C=O) groups is 1. The molecular weight excluding hydrogens is 312 g/mol. The molecule has 5 nitrogen and oxygen atoms in total. The fraction of sp³-hybridized carbons (Fsp3) is 0.700. The van der Waals surface area contributed by atoms with Gasteiger partial charge in [0.2, 0.25) is 0 Å². The Balaban J connectivity index is 1.39. The molecule has 138 valence electrons. The zero-order chi connectivity index (χ0) is 17.5. The first-order chi connectivity index (χ1) is 12.3. The molecule has 0 saturated carbocycles. The van der Waals surface area contributed by atoms with Crippen LogP contribution in [-0.2, 0) is 6.54 Å². The van der Waals surface area contributed by atoms with E-state index in [9.17, 15) is 4.79 Å². The zero-order valence-electron chi connectivity index (χ0n) is 15.5. The Morgan fingerprint density at radius 1 is 1.24 bits per heavy atom. The molecule has 1 atom stereocenters. The number of aromatic nitrogens is 1. The van der Waals surface area contributed by atoms with Gasteiger partial charge in [0.25, 0.3) is 0 Å². The minimum absolute atomic E-state index is 0.143. The highest BCUT2D eigenvalue weighted by Crippen LogP contribution is 2.32. The van der Waals surface area contributed by atoms with Crippen molar-refractivity contribution in [3.63, 3.8) is 0 Å². The van der Waals surface area contributed by atoms with Crippen LogP contribution in [0.4, 0.5) is 4.79 Å². The zero-order valence-corrected chi connectivity index (χ0v) is 15.5. The van der Waals surface area contributed by atoms with Crippen molar-refractivity contribution >= 4 is 6.03 Å². The number of carbonyl (C=O) groups excluding carboxylic acids is 1. The lowest BCUT2D eigenvalue weighted by Gasteiger charge is -2.34. The minimum atomic E-state index is 0.143. The van der Waals surface area contributed by atoms with Gasteiger partial charge in [0.1, 0.15) is 0 Å². The maximum Gasteiger partial charge on any atom is 0.317 e. The van der Waals surface area contributed by atoms with Crippen LogP contribution >= 0.6 is 0 Å². The van der Waals surface area contributed by atoms with Crippen LogP contribution in [0.3, 0.4) is 0 Å². The largest absolute Gasteiger partial charge is 0.338 e. The van der Waals surface area contributed by atoms with E-state index >= 15 is 0 Å². The van der Waals surface area contributed by atoms with E-state index in [0.29, 0.717) is 5.92 Å². The van der Waals surface area contributed by atoms with Crippen molar-refractivity contribution in [1.29, 1.82) is 0 Å². The smallest absolute Gasteiger partial charge is 0.317 e. The van der Waals surface area contributed by atoms with Crippen LogP contribution in [-0.4, -0.2) is 53.5 Å². The number of piperidine rings is 1. The van der Waals surface area contributed by atoms with Crippen LogP contribution in [0.25, 0.3) is 0 Å². The Labute approximate surface area is 151 Å². The summed E-state index contributed by atoms with van der Waals surface area (Å²) in [6.45, 7) is 8.18. The second-order valence-corrected chi connectivity index (χ2v) is 7.56. The average Bonchev–Trinajstić information content (AvgIpc) is 3.14. The minimum Gasteiger partial charge on any atom is -0.338 e. The standard InChI is InChI=1S/C20H32N4O/c1-2-3-10-22-20(25)24-13-8-19(16-24)18-6-11-23(12-7-18)15-17-5-4-9-21-14-17/h4-5,9,14,18-19H,2-3,6-8,10-13,15-16H2,1H3,(H,22,25). The van der Waals surface area contributed by atoms with Crippen LogP contribution in [0, 0.1) is 11.8 Å². The Hall–Kier alpha value is -1.62. The van der Waals surface area contributed by atoms with Crippen LogP contribution in [0.2, 0.25) is 0 Å². The second kappa shape index (κ2) is 9.18. The molecule has 0 aromatic carbocycles. The molecule has 2 aliphatic rings. The SMILES string of the molecule is CCCCNC(=O)N1CCC(C2CCN(Cc3cccnc3)CC2)C1. The first-order valence-corrected chi connectivity index (χ1v) is 9.90. The molecule has 1 N–H and O–H groups in total. The normalized spacial score (nSPS) is 22.3. The van der Waals surface area contributed by atoms with Crippen LogP contribution in [0.1, 0.15) is 44.6 Å². The van der Waals surface area contributed by atoms with E-state index in [4.69, 9.17) is 0 Å². The first kappa shape index (κ1) is 18.2. The lowest BCUT2D eigenvalue weighted by atomic mass is 9.83. The molecule has 0 bridgehead atoms. The van der Waals surface area contributed by atoms with Crippen LogP contribution in [0.5, 0.6) is 0 Å². The lowest BCUT2D eigenvalue weighted by molar-refractivity contribution is 0.142. The molecule has 0 spiro atoms. The van der Waals surface area contributed by atoms with Crippen molar-refractivity contribution in [2.45, 2.75) is 45.6 Å². The second-order valence-electron chi connectivity index (χ2n) is 7.56. The molecule has 25 heavy (non-hydrogen) atoms. The summed E-state index contributed by atoms with van der Waals surface area (Å²) in [4.78, 5) is 21.0. The monoisotopic (exact) mass is 344 g/mol. The maximum absolute atomic E-state index is 12.2. The Kier molecular flexibility index (Phi) is 6.68. The summed E-state index contributed by atoms with van der Waals surface area (Å²) < 4.78 is 0. The van der Waals surface area contributed by atoms with Crippen molar-refractivity contribution < 1.29 is 4.79 Å². The number of likely N-dealkylation sites (tertiary alicyclic amines) is 2. The predicted molar refractivity (Wildman–Crippen MR) is 100 cm³/mol. The van der Waals surface area contributed by atoms with Crippen molar-refractivity contribution in [2.75, 3.05) is 32.7 Å². The van der Waals surface area contributed by atoms with Gasteiger partial charge in [-0.2, -0.15) is 0 Å². The first-order valence-electron chi connectivity index (χ1n) is 9.90. The summed E-state index contributed by atoms with van der Waals surface area (Å²) in [5.41, 5.74) is 1.30. The van der Waals surface area contributed by atoms with E-state index < -0.39 is 0 Å². The van der Waals surface area contributed by atoms with Gasteiger partial charge in [0.15, 0.2) is 0 Å². The van der Waals surface area contributed by atoms with E-state index in [1.807, 2.05) is 23.4 Å². The van der Waals surface area contributed by atoms with E-state index in [1.54, 1.807) is 0 Å². The van der Waals surface area contributed by atoms with Crippen molar-refractivity contribution in [2.24, 2.45) is 11.8 Å². The van der Waals surface area contributed by atoms with Crippen LogP contribution in [0.15, 0.2) is 24.5 Å². The quantitative estimate of drug-likeness (QED) is 0.807. The number of hydrogen-bond acceptors (Lipinski definition) is 3. The molecular formula is C20H32N4O. The molecule has 1 aromatic heterocycles. The topological polar surface area (TPSA) is 48.5 Å². The highest BCUT2D eigenvalue weighted by Gasteiger charge is 2.33. The molecule has 0 radical (unpaired) electrons. The fourth-order valence-corrected chi connectivity index (χ4v) is 4.17. The number of hydrogen-bond donors (Lipinski definition) is 1. The molecule has 3 rings (SSSR count). The summed E-state index contributed by atoms with van der Waals surface area (Å²) in [5, 5.41) is 3.06. The summed E-state index contributed by atoms with van der Waals surface area (Å²) in [5.74, 6) is 1.47. The van der Waals surface area contributed by atoms with Crippen LogP contribution < -0.4 is 5.32 Å². The van der Waals surface area contributed by atoms with E-state index in [2.05, 4.69) is 28.2 Å². The van der Waals surface area contributed by atoms with E-state index in [0.717, 1.165) is 44.9 Å². The highest BCUT2D eigenvalue weighted by atomic mass is 16.2. The van der Waals surface area contributed by atoms with Crippen molar-refractivity contribution in [1.82, 2.24) is 20.1 Å². The van der Waals surface area contributed by atoms with Gasteiger partial charge in [0.05, 0.1) is 0 Å². The number of nitrogens with one attached hydrogen (secondary N) is 1. The van der Waals surface area contributed by atoms with Crippen molar-refractivity contribution in [3.05, 3.63) is 30.1 Å². The number of nitrogens with zero attached hydrogens (tertiary/aromatic N) is 3. The van der Waals surface area contributed by atoms with Gasteiger partial charge in [-0.3, -0.25) is 9.88 Å². The van der Waals surface area contributed by atoms with E-state index in [1.165, 1.54) is 37.9 Å². The van der Waals surface area contributed by atoms with Gasteiger partial charge >= 0.3 is 6.03 Å². The van der Waals surface area contributed by atoms with Crippen molar-refractivity contribution in [3.8, 4) is 0 Å². The number of rotatable bonds is 6. The third-order valence-corrected chi connectivity index (χ3v) is 5.75. The average molecular weight is 345 g/mol. The maximum atomic E-state index is 12.2. The molecule has 3 heterocycles. The highest BCUT2D eigenvalue weighted by molar-refractivity contribution is 5.74. The van der Waals surface area contributed by atoms with Gasteiger partial charge < -0.3 is 10.2 Å². The van der Waals surface area contributed by atoms with Gasteiger partial charge in [0, 0.05) is 38.6 Å². The van der Waals surface area contributed by atoms with Gasteiger partial charge in [-0.25, -0.2) is 4.79 Å². The van der Waals surface area contributed by atoms with Gasteiger partial charge in [-0.15, -0.1) is 0 Å². The molecule has 1 aromatic rings. The Morgan fingerprint density at radius 2 is 2.04 bits per heavy atom. The molecule has 0 aliphatic carbocycles. The summed E-state index contributed by atoms with van der Waals surface area (Å²) >= 11 is 0. The third-order valence-electron chi connectivity index (χ3n) is 5.75. The molecule has 2 saturated heterocycles. The van der Waals surface area contributed by atoms with Gasteiger partial charge in [-0.05, 0) is 62.2 Å². The number of urea groups is 1. The number of unbranched alkanes of at least 4 members (excludes halogenated alkanes) is 1. The number of amides is 2. The van der Waals surface area contributed by atoms with E-state index in [-0.39, 0.29) is 6.03 Å².